The van der Waals surface area contributed by atoms with Gasteiger partial charge >= 0.3 is 0 Å². The second-order valence-corrected chi connectivity index (χ2v) is 8.05. The maximum Gasteiger partial charge on any atom is 0.243 e. The van der Waals surface area contributed by atoms with E-state index in [0.717, 1.165) is 16.1 Å². The van der Waals surface area contributed by atoms with Gasteiger partial charge in [0.05, 0.1) is 25.7 Å². The van der Waals surface area contributed by atoms with Crippen LogP contribution in [0.5, 0.6) is 11.5 Å². The fraction of sp³-hybridized carbons (Fsp3) is 0.350. The van der Waals surface area contributed by atoms with E-state index in [1.807, 2.05) is 25.1 Å². The van der Waals surface area contributed by atoms with Crippen molar-refractivity contribution in [2.75, 3.05) is 24.3 Å². The van der Waals surface area contributed by atoms with Crippen LogP contribution in [-0.4, -0.2) is 40.3 Å². The van der Waals surface area contributed by atoms with Crippen molar-refractivity contribution in [1.82, 2.24) is 5.32 Å². The summed E-state index contributed by atoms with van der Waals surface area (Å²) in [5.41, 5.74) is 1.20. The number of methoxy groups -OCH3 is 1. The van der Waals surface area contributed by atoms with Gasteiger partial charge in [0.1, 0.15) is 17.5 Å². The minimum absolute atomic E-state index is 0.230. The van der Waals surface area contributed by atoms with Crippen LogP contribution in [0, 0.1) is 0 Å². The largest absolute Gasteiger partial charge is 0.496 e. The third kappa shape index (κ3) is 5.39. The second kappa shape index (κ2) is 9.45. The van der Waals surface area contributed by atoms with Gasteiger partial charge in [-0.3, -0.25) is 9.10 Å². The molecule has 2 rings (SSSR count). The number of hydrogen-bond acceptors (Lipinski definition) is 5. The lowest BCUT2D eigenvalue weighted by Crippen LogP contribution is -2.47. The quantitative estimate of drug-likeness (QED) is 0.692. The molecule has 1 amide bonds. The Bertz CT molecular complexity index is 897. The summed E-state index contributed by atoms with van der Waals surface area (Å²) in [5, 5.41) is 2.78. The van der Waals surface area contributed by atoms with Crippen LogP contribution in [-0.2, 0) is 21.4 Å². The lowest BCUT2D eigenvalue weighted by Gasteiger charge is -2.28. The second-order valence-electron chi connectivity index (χ2n) is 6.19. The molecule has 2 aromatic carbocycles. The van der Waals surface area contributed by atoms with Crippen LogP contribution in [0.3, 0.4) is 0 Å². The van der Waals surface area contributed by atoms with E-state index < -0.39 is 22.0 Å². The monoisotopic (exact) mass is 406 g/mol. The number of amides is 1. The first-order chi connectivity index (χ1) is 13.3. The van der Waals surface area contributed by atoms with Crippen molar-refractivity contribution in [3.05, 3.63) is 54.1 Å². The van der Waals surface area contributed by atoms with Crippen molar-refractivity contribution in [2.45, 2.75) is 26.4 Å². The molecule has 28 heavy (non-hydrogen) atoms. The summed E-state index contributed by atoms with van der Waals surface area (Å²) in [6, 6.07) is 13.0. The van der Waals surface area contributed by atoms with Gasteiger partial charge in [-0.25, -0.2) is 8.42 Å². The van der Waals surface area contributed by atoms with Crippen LogP contribution in [0.1, 0.15) is 19.4 Å². The molecule has 0 aliphatic heterocycles. The van der Waals surface area contributed by atoms with Crippen LogP contribution in [0.25, 0.3) is 0 Å². The summed E-state index contributed by atoms with van der Waals surface area (Å²) >= 11 is 0. The highest BCUT2D eigenvalue weighted by Gasteiger charge is 2.29. The molecule has 0 saturated carbocycles. The lowest BCUT2D eigenvalue weighted by molar-refractivity contribution is -0.122. The highest BCUT2D eigenvalue weighted by Crippen LogP contribution is 2.24. The van der Waals surface area contributed by atoms with Gasteiger partial charge in [0.15, 0.2) is 0 Å². The molecular weight excluding hydrogens is 380 g/mol. The third-order valence-electron chi connectivity index (χ3n) is 4.14. The highest BCUT2D eigenvalue weighted by molar-refractivity contribution is 7.92. The van der Waals surface area contributed by atoms with Crippen molar-refractivity contribution >= 4 is 21.6 Å². The van der Waals surface area contributed by atoms with E-state index in [4.69, 9.17) is 9.47 Å². The number of benzene rings is 2. The minimum atomic E-state index is -3.68. The summed E-state index contributed by atoms with van der Waals surface area (Å²) in [6.07, 6.45) is 1.08. The average molecular weight is 407 g/mol. The number of nitrogens with one attached hydrogen (secondary N) is 1. The summed E-state index contributed by atoms with van der Waals surface area (Å²) in [5.74, 6) is 0.875. The lowest BCUT2D eigenvalue weighted by atomic mass is 10.2. The first-order valence-electron chi connectivity index (χ1n) is 8.89. The summed E-state index contributed by atoms with van der Waals surface area (Å²) in [7, 11) is -2.12. The number of hydrogen-bond donors (Lipinski definition) is 1. The Hall–Kier alpha value is -2.74. The molecule has 0 aromatic heterocycles. The molecule has 0 aliphatic rings. The average Bonchev–Trinajstić information content (AvgIpc) is 2.67. The number of sulfonamides is 1. The van der Waals surface area contributed by atoms with Crippen molar-refractivity contribution in [3.63, 3.8) is 0 Å². The van der Waals surface area contributed by atoms with Gasteiger partial charge < -0.3 is 14.8 Å². The standard InChI is InChI=1S/C20H26N2O5S/c1-5-27-18-12-10-17(11-13-18)22(28(4,24)25)15(2)20(23)21-14-16-8-6-7-9-19(16)26-3/h6-13,15H,5,14H2,1-4H3,(H,21,23). The zero-order valence-corrected chi connectivity index (χ0v) is 17.3. The number of nitrogens with zero attached hydrogens (tertiary/aromatic N) is 1. The predicted octanol–water partition coefficient (Wildman–Crippen LogP) is 2.56. The molecule has 0 saturated heterocycles. The van der Waals surface area contributed by atoms with E-state index in [1.165, 1.54) is 0 Å². The zero-order valence-electron chi connectivity index (χ0n) is 16.5. The van der Waals surface area contributed by atoms with Gasteiger partial charge in [0.2, 0.25) is 15.9 Å². The fourth-order valence-corrected chi connectivity index (χ4v) is 4.02. The molecule has 0 bridgehead atoms. The summed E-state index contributed by atoms with van der Waals surface area (Å²) in [6.45, 7) is 4.16. The van der Waals surface area contributed by atoms with Crippen molar-refractivity contribution in [1.29, 1.82) is 0 Å². The Labute approximate surface area is 166 Å². The molecule has 1 atom stereocenters. The van der Waals surface area contributed by atoms with Crippen molar-refractivity contribution < 1.29 is 22.7 Å². The van der Waals surface area contributed by atoms with Gasteiger partial charge in [-0.05, 0) is 44.2 Å². The number of carbonyl (C=O) groups is 1. The van der Waals surface area contributed by atoms with Crippen LogP contribution in [0.4, 0.5) is 5.69 Å². The van der Waals surface area contributed by atoms with Crippen molar-refractivity contribution in [2.24, 2.45) is 0 Å². The van der Waals surface area contributed by atoms with E-state index in [-0.39, 0.29) is 6.54 Å². The van der Waals surface area contributed by atoms with Crippen LogP contribution >= 0.6 is 0 Å². The van der Waals surface area contributed by atoms with Crippen LogP contribution in [0.2, 0.25) is 0 Å². The molecule has 0 fully saturated rings. The summed E-state index contributed by atoms with van der Waals surface area (Å²) < 4.78 is 36.5. The number of ether oxygens (including phenoxy) is 2. The third-order valence-corrected chi connectivity index (χ3v) is 5.38. The fourth-order valence-electron chi connectivity index (χ4n) is 2.84. The van der Waals surface area contributed by atoms with E-state index in [9.17, 15) is 13.2 Å². The molecule has 8 heteroatoms. The zero-order chi connectivity index (χ0) is 20.7. The van der Waals surface area contributed by atoms with Gasteiger partial charge in [-0.15, -0.1) is 0 Å². The molecule has 152 valence electrons. The van der Waals surface area contributed by atoms with Gasteiger partial charge in [0, 0.05) is 12.1 Å². The predicted molar refractivity (Wildman–Crippen MR) is 109 cm³/mol. The first kappa shape index (κ1) is 21.6. The number of rotatable bonds is 9. The molecule has 0 aliphatic carbocycles. The SMILES string of the molecule is CCOc1ccc(N(C(C)C(=O)NCc2ccccc2OC)S(C)(=O)=O)cc1. The Kier molecular flexibility index (Phi) is 7.28. The minimum Gasteiger partial charge on any atom is -0.496 e. The highest BCUT2D eigenvalue weighted by atomic mass is 32.2. The van der Waals surface area contributed by atoms with Gasteiger partial charge in [-0.1, -0.05) is 18.2 Å². The molecule has 7 nitrogen and oxygen atoms in total. The number of anilines is 1. The molecule has 1 N–H and O–H groups in total. The normalized spacial score (nSPS) is 12.1. The van der Waals surface area contributed by atoms with Crippen molar-refractivity contribution in [3.8, 4) is 11.5 Å². The van der Waals surface area contributed by atoms with E-state index in [0.29, 0.717) is 23.8 Å². The van der Waals surface area contributed by atoms with Crippen LogP contribution in [0.15, 0.2) is 48.5 Å². The summed E-state index contributed by atoms with van der Waals surface area (Å²) in [4.78, 5) is 12.7. The van der Waals surface area contributed by atoms with E-state index in [1.54, 1.807) is 44.4 Å². The molecule has 0 radical (unpaired) electrons. The number of para-hydroxylation sites is 1. The molecule has 0 spiro atoms. The maximum absolute atomic E-state index is 12.7. The Morgan fingerprint density at radius 1 is 1.14 bits per heavy atom. The molecular formula is C20H26N2O5S. The Morgan fingerprint density at radius 2 is 1.79 bits per heavy atom. The Balaban J connectivity index is 2.18. The topological polar surface area (TPSA) is 84.9 Å². The molecule has 1 unspecified atom stereocenters. The van der Waals surface area contributed by atoms with Gasteiger partial charge in [-0.2, -0.15) is 0 Å². The van der Waals surface area contributed by atoms with Gasteiger partial charge in [0.25, 0.3) is 0 Å². The van der Waals surface area contributed by atoms with E-state index >= 15 is 0 Å². The Morgan fingerprint density at radius 3 is 2.36 bits per heavy atom. The molecule has 2 aromatic rings. The first-order valence-corrected chi connectivity index (χ1v) is 10.7. The molecule has 0 heterocycles. The van der Waals surface area contributed by atoms with E-state index in [2.05, 4.69) is 5.32 Å². The number of carbonyl (C=O) groups excluding carboxylic acids is 1. The van der Waals surface area contributed by atoms with Crippen LogP contribution < -0.4 is 19.1 Å². The maximum atomic E-state index is 12.7. The smallest absolute Gasteiger partial charge is 0.243 e.